The number of carboxylic acid groups (broad SMARTS) is 5. The van der Waals surface area contributed by atoms with Gasteiger partial charge in [-0.3, -0.25) is 81.9 Å². The fourth-order valence-electron chi connectivity index (χ4n) is 11.0. The topological polar surface area (TPSA) is 509 Å². The standard InChI is InChI=1S/C64H91N15O21S/c1-40-28-41(2)60(42(3)29-40)101(98,99)74-49(43(4)80)34-70-61(95)46-35-79(50-30-44(8-9-45(50)59(46)94)33-71-64-68-15-16-69-64)17-5-12-65-51(81)10-11-52(82)66-13-6-26-100-27-7-14-67-62(96)47(31-54(84)85)73-63(97)48(32-55(86)87)72-53(83)36-75-18-20-76(37-56(88)89)22-24-78(39-58(92)93)25-23-77(21-19-75)38-57(90)91/h8-9,15-16,28-30,35,47-49,74H,5-7,10-14,17-27,31-34,36-39H2,1-4H3,(H,65,81)(H,66,82)(H,67,96)(H,70,95)(H,72,83)(H,73,97)(H,84,85)(H,86,87)(H,88,89)(H,90,91)(H,92,93)(H2,68,69,71)/t47-,48-,49+/m1/s1. The predicted molar refractivity (Wildman–Crippen MR) is 362 cm³/mol. The van der Waals surface area contributed by atoms with E-state index in [4.69, 9.17) is 4.74 Å². The lowest BCUT2D eigenvalue weighted by atomic mass is 10.1. The van der Waals surface area contributed by atoms with Crippen LogP contribution < -0.4 is 47.4 Å². The second kappa shape index (κ2) is 41.1. The summed E-state index contributed by atoms with van der Waals surface area (Å²) in [6.45, 7) is 5.70. The van der Waals surface area contributed by atoms with Crippen LogP contribution in [0.4, 0.5) is 5.95 Å². The first-order valence-electron chi connectivity index (χ1n) is 32.6. The molecule has 14 N–H and O–H groups in total. The van der Waals surface area contributed by atoms with Gasteiger partial charge in [-0.05, 0) is 75.8 Å². The number of nitrogens with zero attached hydrogens (tertiary/aromatic N) is 6. The van der Waals surface area contributed by atoms with Gasteiger partial charge in [0.2, 0.25) is 45.0 Å². The van der Waals surface area contributed by atoms with E-state index in [1.54, 1.807) is 66.0 Å². The molecule has 1 saturated heterocycles. The zero-order chi connectivity index (χ0) is 74.3. The van der Waals surface area contributed by atoms with Crippen LogP contribution in [0.1, 0.15) is 84.5 Å². The first-order chi connectivity index (χ1) is 47.9. The molecule has 0 bridgehead atoms. The van der Waals surface area contributed by atoms with Crippen molar-refractivity contribution in [3.63, 3.8) is 0 Å². The molecule has 2 aromatic heterocycles. The normalized spacial score (nSPS) is 14.6. The monoisotopic (exact) mass is 1440 g/mol. The number of carboxylic acids is 5. The number of imidazole rings is 1. The van der Waals surface area contributed by atoms with Gasteiger partial charge in [0.1, 0.15) is 23.4 Å². The number of fused-ring (bicyclic) bond motifs is 1. The number of carbonyl (C=O) groups excluding carboxylic acids is 7. The number of hydrogen-bond donors (Lipinski definition) is 14. The molecule has 0 spiro atoms. The minimum absolute atomic E-state index is 0.00869. The van der Waals surface area contributed by atoms with Gasteiger partial charge in [0.25, 0.3) is 5.91 Å². The Hall–Kier alpha value is -9.79. The second-order valence-corrected chi connectivity index (χ2v) is 25.9. The summed E-state index contributed by atoms with van der Waals surface area (Å²) in [6, 6.07) is 3.55. The number of aliphatic carboxylic acids is 5. The Bertz CT molecular complexity index is 3700. The van der Waals surface area contributed by atoms with Gasteiger partial charge in [0.15, 0.2) is 5.95 Å². The molecular formula is C64H91N15O21S. The molecule has 0 saturated carbocycles. The Morgan fingerprint density at radius 3 is 1.60 bits per heavy atom. The van der Waals surface area contributed by atoms with Crippen LogP contribution in [-0.4, -0.2) is 275 Å². The minimum atomic E-state index is -4.23. The van der Waals surface area contributed by atoms with Gasteiger partial charge < -0.3 is 77.0 Å². The maximum atomic E-state index is 14.0. The van der Waals surface area contributed by atoms with E-state index in [1.165, 1.54) is 27.8 Å². The zero-order valence-electron chi connectivity index (χ0n) is 56.8. The molecule has 37 heteroatoms. The third-order valence-corrected chi connectivity index (χ3v) is 17.7. The first-order valence-corrected chi connectivity index (χ1v) is 34.1. The Morgan fingerprint density at radius 2 is 1.11 bits per heavy atom. The Balaban J connectivity index is 1.05. The van der Waals surface area contributed by atoms with E-state index in [1.807, 2.05) is 6.92 Å². The summed E-state index contributed by atoms with van der Waals surface area (Å²) in [6.07, 6.45) is 3.25. The zero-order valence-corrected chi connectivity index (χ0v) is 57.6. The molecule has 554 valence electrons. The summed E-state index contributed by atoms with van der Waals surface area (Å²) < 4.78 is 36.8. The van der Waals surface area contributed by atoms with Crippen molar-refractivity contribution in [1.29, 1.82) is 0 Å². The van der Waals surface area contributed by atoms with Crippen molar-refractivity contribution in [3.05, 3.63) is 87.0 Å². The number of benzene rings is 2. The number of Topliss-reactive ketones (excluding diaryl/α,β-unsaturated/α-hetero) is 1. The lowest BCUT2D eigenvalue weighted by Gasteiger charge is -2.33. The van der Waals surface area contributed by atoms with Crippen LogP contribution in [0.5, 0.6) is 0 Å². The average Bonchev–Trinajstić information content (AvgIpc) is 0.887. The summed E-state index contributed by atoms with van der Waals surface area (Å²) in [5, 5.41) is 66.1. The summed E-state index contributed by atoms with van der Waals surface area (Å²) in [5.41, 5.74) is 2.12. The molecule has 101 heavy (non-hydrogen) atoms. The number of carbonyl (C=O) groups is 12. The van der Waals surface area contributed by atoms with E-state index in [2.05, 4.69) is 51.9 Å². The number of aryl methyl sites for hydroxylation is 4. The van der Waals surface area contributed by atoms with Gasteiger partial charge in [0, 0.05) is 142 Å². The van der Waals surface area contributed by atoms with E-state index in [9.17, 15) is 96.3 Å². The predicted octanol–water partition coefficient (Wildman–Crippen LogP) is -2.36. The maximum absolute atomic E-state index is 14.0. The molecule has 0 radical (unpaired) electrons. The molecule has 5 rings (SSSR count). The molecular weight excluding hydrogens is 1350 g/mol. The summed E-state index contributed by atoms with van der Waals surface area (Å²) in [5.74, 6) is -11.3. The molecule has 1 aliphatic rings. The SMILES string of the molecule is CC(=O)[C@H](CNC(=O)c1cn(CCCNC(=O)CCC(=O)NCCCOCCCNC(=O)[C@@H](CC(=O)O)NC(=O)[C@@H](CC(=O)O)NC(=O)CN2CCN(CC(=O)O)CCN(CC(=O)O)CCN(CC(=O)O)CC2)c2cc(CNc3ncc[nH]3)ccc2c1=O)NS(=O)(=O)c1c(C)cc(C)cc1C. The molecule has 1 fully saturated rings. The quantitative estimate of drug-likeness (QED) is 0.0207. The van der Waals surface area contributed by atoms with Gasteiger partial charge >= 0.3 is 29.8 Å². The number of ketones is 1. The van der Waals surface area contributed by atoms with Crippen LogP contribution in [0.25, 0.3) is 10.9 Å². The third-order valence-electron chi connectivity index (χ3n) is 15.9. The van der Waals surface area contributed by atoms with Crippen LogP contribution in [-0.2, 0) is 80.6 Å². The Morgan fingerprint density at radius 1 is 0.604 bits per heavy atom. The molecule has 1 aliphatic heterocycles. The van der Waals surface area contributed by atoms with Crippen molar-refractivity contribution >= 4 is 97.9 Å². The van der Waals surface area contributed by atoms with Gasteiger partial charge in [-0.15, -0.1) is 0 Å². The molecule has 4 aromatic rings. The highest BCUT2D eigenvalue weighted by atomic mass is 32.2. The van der Waals surface area contributed by atoms with Crippen molar-refractivity contribution in [2.75, 3.05) is 123 Å². The number of amides is 6. The number of ether oxygens (including phenoxy) is 1. The minimum Gasteiger partial charge on any atom is -0.481 e. The molecule has 2 aromatic carbocycles. The highest BCUT2D eigenvalue weighted by Crippen LogP contribution is 2.23. The molecule has 6 amide bonds. The van der Waals surface area contributed by atoms with Crippen LogP contribution in [0.2, 0.25) is 0 Å². The summed E-state index contributed by atoms with van der Waals surface area (Å²) in [4.78, 5) is 178. The number of anilines is 1. The van der Waals surface area contributed by atoms with Gasteiger partial charge in [-0.25, -0.2) is 13.4 Å². The van der Waals surface area contributed by atoms with E-state index in [0.29, 0.717) is 42.0 Å². The van der Waals surface area contributed by atoms with Crippen molar-refractivity contribution < 1.29 is 96.2 Å². The summed E-state index contributed by atoms with van der Waals surface area (Å²) >= 11 is 0. The van der Waals surface area contributed by atoms with Crippen LogP contribution in [0.15, 0.2) is 58.6 Å². The van der Waals surface area contributed by atoms with E-state index >= 15 is 0 Å². The van der Waals surface area contributed by atoms with Gasteiger partial charge in [-0.2, -0.15) is 4.72 Å². The maximum Gasteiger partial charge on any atom is 0.317 e. The first kappa shape index (κ1) is 81.9. The number of nitrogens with one attached hydrogen (secondary N) is 9. The molecule has 0 aliphatic carbocycles. The molecule has 3 atom stereocenters. The molecule has 36 nitrogen and oxygen atoms in total. The lowest BCUT2D eigenvalue weighted by molar-refractivity contribution is -0.143. The van der Waals surface area contributed by atoms with Crippen LogP contribution >= 0.6 is 0 Å². The number of hydrogen-bond acceptors (Lipinski definition) is 22. The van der Waals surface area contributed by atoms with Gasteiger partial charge in [-0.1, -0.05) is 23.8 Å². The number of aromatic amines is 1. The fraction of sp³-hybridized carbons (Fsp3) is 0.531. The van der Waals surface area contributed by atoms with E-state index in [0.717, 1.165) is 11.1 Å². The number of rotatable bonds is 41. The number of pyridine rings is 1. The summed E-state index contributed by atoms with van der Waals surface area (Å²) in [7, 11) is -4.23. The van der Waals surface area contributed by atoms with Crippen molar-refractivity contribution in [2.45, 2.75) is 109 Å². The lowest BCUT2D eigenvalue weighted by Crippen LogP contribution is -2.56. The third kappa shape index (κ3) is 29.1. The number of H-pyrrole nitrogens is 1. The second-order valence-electron chi connectivity index (χ2n) is 24.3. The van der Waals surface area contributed by atoms with Crippen molar-refractivity contribution in [2.24, 2.45) is 0 Å². The fourth-order valence-corrected chi connectivity index (χ4v) is 12.7. The van der Waals surface area contributed by atoms with Crippen molar-refractivity contribution in [3.8, 4) is 0 Å². The molecule has 3 heterocycles. The van der Waals surface area contributed by atoms with Gasteiger partial charge in [0.05, 0.1) is 55.5 Å². The average molecular weight is 1440 g/mol. The van der Waals surface area contributed by atoms with E-state index in [-0.39, 0.29) is 133 Å². The Kier molecular flexibility index (Phi) is 33.3. The van der Waals surface area contributed by atoms with Crippen LogP contribution in [0, 0.1) is 20.8 Å². The number of sulfonamides is 1. The Labute approximate surface area is 581 Å². The number of aromatic nitrogens is 3. The highest BCUT2D eigenvalue weighted by molar-refractivity contribution is 7.89. The van der Waals surface area contributed by atoms with E-state index < -0.39 is 144 Å². The smallest absolute Gasteiger partial charge is 0.317 e. The van der Waals surface area contributed by atoms with Crippen molar-refractivity contribution in [1.82, 2.24) is 70.8 Å². The highest BCUT2D eigenvalue weighted by Gasteiger charge is 2.32. The molecule has 0 unspecified atom stereocenters. The largest absolute Gasteiger partial charge is 0.481 e. The van der Waals surface area contributed by atoms with Crippen LogP contribution in [0.3, 0.4) is 0 Å².